The summed E-state index contributed by atoms with van der Waals surface area (Å²) in [5.74, 6) is -0.303. The molecule has 3 heterocycles. The van der Waals surface area contributed by atoms with Crippen molar-refractivity contribution in [2.24, 2.45) is 0 Å². The van der Waals surface area contributed by atoms with Gasteiger partial charge in [-0.1, -0.05) is 189 Å². The molecule has 3 aliphatic heterocycles. The Balaban J connectivity index is 1.50. The average molecular weight is 1200 g/mol. The number of rotatable bonds is 47. The first-order chi connectivity index (χ1) is 40.8. The summed E-state index contributed by atoms with van der Waals surface area (Å²) in [6.07, 6.45) is 30.2. The van der Waals surface area contributed by atoms with E-state index in [1.54, 1.807) is 6.08 Å². The maximum Gasteiger partial charge on any atom is 0.220 e. The quantitative estimate of drug-likeness (QED) is 0.0216. The van der Waals surface area contributed by atoms with Gasteiger partial charge in [0.2, 0.25) is 5.91 Å². The number of carbonyl (C=O) groups is 1. The second kappa shape index (κ2) is 47.3. The van der Waals surface area contributed by atoms with Crippen LogP contribution in [0.5, 0.6) is 0 Å². The molecule has 19 heteroatoms. The van der Waals surface area contributed by atoms with Crippen LogP contribution in [-0.4, -0.2) is 193 Å². The standard InChI is InChI=1S/C65H113NO18/c1-3-5-7-9-11-13-15-17-19-21-22-23-24-25-27-28-30-32-34-36-38-40-42-49(70)48(66-53(71)43-41-39-37-35-33-31-29-26-20-18-16-14-12-10-8-6-4-2)47-79-63-59(77)56(74)61(51(45-68)81-63)84-65-60(78)57(75)62(52(46-69)82-65)83-64-58(76)55(73)54(72)50(44-67)80-64/h6,8,12,14,18,20,25,27,32,34,40,42,48-52,54-65,67-70,72-78H,3-5,7,9-11,13,15-17,19,21-24,26,28-31,33,35-39,41,43-47H2,1-2H3,(H,66,71)/b8-6-,14-12-,20-18-,27-25+,34-32+,42-40+. The molecule has 3 fully saturated rings. The molecule has 0 saturated carbocycles. The van der Waals surface area contributed by atoms with E-state index >= 15 is 0 Å². The van der Waals surface area contributed by atoms with Crippen molar-refractivity contribution in [3.8, 4) is 0 Å². The molecule has 19 nitrogen and oxygen atoms in total. The zero-order chi connectivity index (χ0) is 61.2. The van der Waals surface area contributed by atoms with Gasteiger partial charge in [-0.25, -0.2) is 0 Å². The Morgan fingerprint density at radius 1 is 0.440 bits per heavy atom. The zero-order valence-electron chi connectivity index (χ0n) is 50.9. The molecule has 3 saturated heterocycles. The van der Waals surface area contributed by atoms with Gasteiger partial charge in [-0.05, 0) is 77.0 Å². The predicted octanol–water partition coefficient (Wildman–Crippen LogP) is 6.99. The summed E-state index contributed by atoms with van der Waals surface area (Å²) < 4.78 is 34.3. The molecule has 0 aromatic rings. The number of aliphatic hydroxyl groups excluding tert-OH is 11. The van der Waals surface area contributed by atoms with Crippen LogP contribution in [0.3, 0.4) is 0 Å². The number of carbonyl (C=O) groups excluding carboxylic acids is 1. The minimum absolute atomic E-state index is 0.217. The van der Waals surface area contributed by atoms with Gasteiger partial charge in [0.15, 0.2) is 18.9 Å². The van der Waals surface area contributed by atoms with E-state index in [1.807, 2.05) is 6.08 Å². The van der Waals surface area contributed by atoms with Gasteiger partial charge in [-0.15, -0.1) is 0 Å². The SMILES string of the molecule is CC/C=C\C/C=C\C/C=C\CCCCCCCCCC(=O)NC(COC1OC(CO)C(OC2OC(CO)C(OC3OC(CO)C(O)C(O)C3O)C(O)C2O)C(O)C1O)C(O)/C=C/CC/C=C/CC/C=C/CCCCCCCCCCCCCC. The van der Waals surface area contributed by atoms with Crippen molar-refractivity contribution in [3.63, 3.8) is 0 Å². The smallest absolute Gasteiger partial charge is 0.220 e. The van der Waals surface area contributed by atoms with Crippen LogP contribution in [0.4, 0.5) is 0 Å². The van der Waals surface area contributed by atoms with Crippen molar-refractivity contribution < 1.29 is 89.4 Å². The molecule has 0 spiro atoms. The third-order valence-electron chi connectivity index (χ3n) is 15.7. The first-order valence-corrected chi connectivity index (χ1v) is 32.2. The Kier molecular flexibility index (Phi) is 42.5. The van der Waals surface area contributed by atoms with Crippen molar-refractivity contribution in [1.82, 2.24) is 5.32 Å². The molecule has 0 aromatic carbocycles. The second-order valence-corrected chi connectivity index (χ2v) is 22.8. The third-order valence-corrected chi connectivity index (χ3v) is 15.7. The molecule has 17 atom stereocenters. The minimum atomic E-state index is -1.99. The summed E-state index contributed by atoms with van der Waals surface area (Å²) in [6, 6.07) is -1.01. The second-order valence-electron chi connectivity index (χ2n) is 22.8. The molecule has 0 aliphatic carbocycles. The number of unbranched alkanes of at least 4 members (excludes halogenated alkanes) is 21. The number of allylic oxidation sites excluding steroid dienone is 11. The van der Waals surface area contributed by atoms with Gasteiger partial charge < -0.3 is 89.9 Å². The minimum Gasteiger partial charge on any atom is -0.394 e. The van der Waals surface area contributed by atoms with Gasteiger partial charge in [-0.2, -0.15) is 0 Å². The number of ether oxygens (including phenoxy) is 6. The average Bonchev–Trinajstić information content (AvgIpc) is 2.82. The highest BCUT2D eigenvalue weighted by atomic mass is 16.8. The van der Waals surface area contributed by atoms with Gasteiger partial charge in [0.25, 0.3) is 0 Å². The molecule has 12 N–H and O–H groups in total. The van der Waals surface area contributed by atoms with E-state index in [0.29, 0.717) is 12.8 Å². The topological polar surface area (TPSA) is 307 Å². The van der Waals surface area contributed by atoms with Gasteiger partial charge in [0, 0.05) is 6.42 Å². The lowest BCUT2D eigenvalue weighted by atomic mass is 9.96. The van der Waals surface area contributed by atoms with Crippen LogP contribution in [0.2, 0.25) is 0 Å². The molecule has 17 unspecified atom stereocenters. The summed E-state index contributed by atoms with van der Waals surface area (Å²) in [5.41, 5.74) is 0. The molecule has 0 bridgehead atoms. The van der Waals surface area contributed by atoms with Crippen molar-refractivity contribution in [1.29, 1.82) is 0 Å². The number of amides is 1. The molecule has 486 valence electrons. The van der Waals surface area contributed by atoms with Gasteiger partial charge in [-0.3, -0.25) is 4.79 Å². The predicted molar refractivity (Wildman–Crippen MR) is 323 cm³/mol. The lowest BCUT2D eigenvalue weighted by Crippen LogP contribution is -2.66. The molecular formula is C65H113NO18. The van der Waals surface area contributed by atoms with E-state index in [4.69, 9.17) is 28.4 Å². The van der Waals surface area contributed by atoms with Crippen LogP contribution >= 0.6 is 0 Å². The van der Waals surface area contributed by atoms with E-state index in [1.165, 1.54) is 77.0 Å². The first kappa shape index (κ1) is 75.5. The van der Waals surface area contributed by atoms with E-state index in [2.05, 4.69) is 79.9 Å². The number of aliphatic hydroxyl groups is 11. The van der Waals surface area contributed by atoms with Crippen molar-refractivity contribution >= 4 is 5.91 Å². The normalized spacial score (nSPS) is 29.7. The molecule has 0 aromatic heterocycles. The Morgan fingerprint density at radius 2 is 0.833 bits per heavy atom. The monoisotopic (exact) mass is 1200 g/mol. The maximum absolute atomic E-state index is 13.3. The Morgan fingerprint density at radius 3 is 1.33 bits per heavy atom. The summed E-state index contributed by atoms with van der Waals surface area (Å²) in [6.45, 7) is 1.57. The molecule has 84 heavy (non-hydrogen) atoms. The third kappa shape index (κ3) is 30.0. The lowest BCUT2D eigenvalue weighted by molar-refractivity contribution is -0.379. The van der Waals surface area contributed by atoms with Crippen LogP contribution in [0.1, 0.15) is 200 Å². The first-order valence-electron chi connectivity index (χ1n) is 32.2. The van der Waals surface area contributed by atoms with Crippen molar-refractivity contribution in [3.05, 3.63) is 72.9 Å². The fraction of sp³-hybridized carbons (Fsp3) is 0.800. The number of nitrogens with one attached hydrogen (secondary N) is 1. The highest BCUT2D eigenvalue weighted by molar-refractivity contribution is 5.76. The maximum atomic E-state index is 13.3. The molecule has 3 aliphatic rings. The van der Waals surface area contributed by atoms with Crippen molar-refractivity contribution in [2.45, 2.75) is 304 Å². The number of hydrogen-bond donors (Lipinski definition) is 12. The Bertz CT molecular complexity index is 1810. The molecule has 0 radical (unpaired) electrons. The van der Waals surface area contributed by atoms with Crippen LogP contribution < -0.4 is 5.32 Å². The Labute approximate surface area is 502 Å². The molecule has 1 amide bonds. The summed E-state index contributed by atoms with van der Waals surface area (Å²) in [7, 11) is 0. The fourth-order valence-corrected chi connectivity index (χ4v) is 10.5. The van der Waals surface area contributed by atoms with Crippen LogP contribution in [0.25, 0.3) is 0 Å². The Hall–Kier alpha value is -2.77. The van der Waals surface area contributed by atoms with E-state index < -0.39 is 124 Å². The van der Waals surface area contributed by atoms with Gasteiger partial charge >= 0.3 is 0 Å². The van der Waals surface area contributed by atoms with Crippen LogP contribution in [0.15, 0.2) is 72.9 Å². The van der Waals surface area contributed by atoms with Crippen LogP contribution in [-0.2, 0) is 33.2 Å². The van der Waals surface area contributed by atoms with E-state index in [-0.39, 0.29) is 18.9 Å². The van der Waals surface area contributed by atoms with Crippen LogP contribution in [0, 0.1) is 0 Å². The number of hydrogen-bond acceptors (Lipinski definition) is 18. The van der Waals surface area contributed by atoms with E-state index in [0.717, 1.165) is 89.9 Å². The van der Waals surface area contributed by atoms with Crippen molar-refractivity contribution in [2.75, 3.05) is 26.4 Å². The van der Waals surface area contributed by atoms with Gasteiger partial charge in [0.05, 0.1) is 38.6 Å². The summed E-state index contributed by atoms with van der Waals surface area (Å²) in [4.78, 5) is 13.3. The highest BCUT2D eigenvalue weighted by Crippen LogP contribution is 2.33. The summed E-state index contributed by atoms with van der Waals surface area (Å²) >= 11 is 0. The lowest BCUT2D eigenvalue weighted by Gasteiger charge is -2.48. The summed E-state index contributed by atoms with van der Waals surface area (Å²) in [5, 5.41) is 120. The molecule has 3 rings (SSSR count). The van der Waals surface area contributed by atoms with E-state index in [9.17, 15) is 61.0 Å². The fourth-order valence-electron chi connectivity index (χ4n) is 10.5. The zero-order valence-corrected chi connectivity index (χ0v) is 50.9. The highest BCUT2D eigenvalue weighted by Gasteiger charge is 2.53. The largest absolute Gasteiger partial charge is 0.394 e. The van der Waals surface area contributed by atoms with Gasteiger partial charge in [0.1, 0.15) is 73.2 Å². The molecular weight excluding hydrogens is 1080 g/mol.